The summed E-state index contributed by atoms with van der Waals surface area (Å²) in [4.78, 5) is 26.0. The fourth-order valence-electron chi connectivity index (χ4n) is 4.08. The van der Waals surface area contributed by atoms with Crippen molar-refractivity contribution in [2.75, 3.05) is 13.1 Å². The molecule has 1 aromatic rings. The van der Waals surface area contributed by atoms with Gasteiger partial charge in [-0.25, -0.2) is 0 Å². The lowest BCUT2D eigenvalue weighted by atomic mass is 9.69. The second-order valence-electron chi connectivity index (χ2n) is 6.84. The maximum Gasteiger partial charge on any atom is 0.253 e. The molecular weight excluding hydrogens is 276 g/mol. The highest BCUT2D eigenvalue weighted by Crippen LogP contribution is 2.43. The molecule has 2 N–H and O–H groups in total. The van der Waals surface area contributed by atoms with Crippen LogP contribution < -0.4 is 5.73 Å². The van der Waals surface area contributed by atoms with Crippen LogP contribution in [0.1, 0.15) is 65.7 Å². The Labute approximate surface area is 131 Å². The minimum atomic E-state index is -0.489. The fraction of sp³-hybridized carbons (Fsp3) is 0.556. The molecule has 4 heteroatoms. The lowest BCUT2D eigenvalue weighted by molar-refractivity contribution is 0.0384. The van der Waals surface area contributed by atoms with Crippen molar-refractivity contribution >= 4 is 11.8 Å². The Kier molecular flexibility index (Phi) is 4.19. The first-order valence-electron chi connectivity index (χ1n) is 8.29. The van der Waals surface area contributed by atoms with E-state index in [1.807, 2.05) is 4.90 Å². The van der Waals surface area contributed by atoms with Crippen LogP contribution in [-0.4, -0.2) is 29.8 Å². The molecule has 0 aromatic heterocycles. The molecule has 2 aliphatic rings. The van der Waals surface area contributed by atoms with Crippen LogP contribution in [0, 0.1) is 5.41 Å². The van der Waals surface area contributed by atoms with Gasteiger partial charge in [-0.2, -0.15) is 0 Å². The first-order valence-corrected chi connectivity index (χ1v) is 8.29. The second kappa shape index (κ2) is 6.11. The standard InChI is InChI=1S/C18H24N2O2/c19-16(21)14-6-4-7-15(12-14)17(22)20-11-5-10-18(13-20)8-2-1-3-9-18/h4,6-7,12H,1-3,5,8-11,13H2,(H2,19,21). The van der Waals surface area contributed by atoms with Crippen LogP contribution >= 0.6 is 0 Å². The zero-order chi connectivity index (χ0) is 15.6. The smallest absolute Gasteiger partial charge is 0.253 e. The molecule has 0 unspecified atom stereocenters. The molecule has 22 heavy (non-hydrogen) atoms. The zero-order valence-corrected chi connectivity index (χ0v) is 13.0. The summed E-state index contributed by atoms with van der Waals surface area (Å²) in [5.74, 6) is -0.454. The van der Waals surface area contributed by atoms with E-state index < -0.39 is 5.91 Å². The van der Waals surface area contributed by atoms with Gasteiger partial charge in [-0.1, -0.05) is 25.3 Å². The van der Waals surface area contributed by atoms with Gasteiger partial charge in [0.15, 0.2) is 0 Å². The van der Waals surface area contributed by atoms with Gasteiger partial charge < -0.3 is 10.6 Å². The van der Waals surface area contributed by atoms with E-state index in [4.69, 9.17) is 5.73 Å². The molecule has 0 radical (unpaired) electrons. The number of carbonyl (C=O) groups is 2. The maximum absolute atomic E-state index is 12.8. The largest absolute Gasteiger partial charge is 0.366 e. The van der Waals surface area contributed by atoms with Crippen molar-refractivity contribution < 1.29 is 9.59 Å². The minimum absolute atomic E-state index is 0.0350. The number of piperidine rings is 1. The molecule has 1 saturated heterocycles. The van der Waals surface area contributed by atoms with Crippen LogP contribution in [-0.2, 0) is 0 Å². The average Bonchev–Trinajstić information content (AvgIpc) is 2.55. The number of hydrogen-bond donors (Lipinski definition) is 1. The Hall–Kier alpha value is -1.84. The third-order valence-electron chi connectivity index (χ3n) is 5.26. The van der Waals surface area contributed by atoms with Crippen molar-refractivity contribution in [3.05, 3.63) is 35.4 Å². The van der Waals surface area contributed by atoms with Gasteiger partial charge in [-0.15, -0.1) is 0 Å². The van der Waals surface area contributed by atoms with Gasteiger partial charge in [0.1, 0.15) is 0 Å². The van der Waals surface area contributed by atoms with Crippen molar-refractivity contribution in [3.8, 4) is 0 Å². The summed E-state index contributed by atoms with van der Waals surface area (Å²) in [6, 6.07) is 6.77. The predicted molar refractivity (Wildman–Crippen MR) is 85.6 cm³/mol. The topological polar surface area (TPSA) is 63.4 Å². The molecule has 4 nitrogen and oxygen atoms in total. The van der Waals surface area contributed by atoms with Gasteiger partial charge in [0.2, 0.25) is 5.91 Å². The van der Waals surface area contributed by atoms with Crippen molar-refractivity contribution in [1.82, 2.24) is 4.90 Å². The molecule has 0 bridgehead atoms. The highest BCUT2D eigenvalue weighted by atomic mass is 16.2. The summed E-state index contributed by atoms with van der Waals surface area (Å²) in [5, 5.41) is 0. The van der Waals surface area contributed by atoms with Gasteiger partial charge in [0.25, 0.3) is 5.91 Å². The van der Waals surface area contributed by atoms with E-state index in [0.717, 1.165) is 19.5 Å². The number of amides is 2. The second-order valence-corrected chi connectivity index (χ2v) is 6.84. The molecule has 1 aliphatic heterocycles. The first kappa shape index (κ1) is 15.1. The van der Waals surface area contributed by atoms with Crippen LogP contribution in [0.3, 0.4) is 0 Å². The number of likely N-dealkylation sites (tertiary alicyclic amines) is 1. The van der Waals surface area contributed by atoms with E-state index >= 15 is 0 Å². The van der Waals surface area contributed by atoms with E-state index in [1.165, 1.54) is 38.5 Å². The number of carbonyl (C=O) groups excluding carboxylic acids is 2. The van der Waals surface area contributed by atoms with E-state index in [2.05, 4.69) is 0 Å². The average molecular weight is 300 g/mol. The SMILES string of the molecule is NC(=O)c1cccc(C(=O)N2CCCC3(CCCCC3)C2)c1. The van der Waals surface area contributed by atoms with Gasteiger partial charge in [-0.3, -0.25) is 9.59 Å². The normalized spacial score (nSPS) is 20.8. The number of benzene rings is 1. The van der Waals surface area contributed by atoms with E-state index in [9.17, 15) is 9.59 Å². The molecule has 1 spiro atoms. The highest BCUT2D eigenvalue weighted by Gasteiger charge is 2.38. The Balaban J connectivity index is 1.76. The Morgan fingerprint density at radius 1 is 1.00 bits per heavy atom. The molecular formula is C18H24N2O2. The number of hydrogen-bond acceptors (Lipinski definition) is 2. The summed E-state index contributed by atoms with van der Waals surface area (Å²) in [5.41, 5.74) is 6.62. The van der Waals surface area contributed by atoms with Crippen LogP contribution in [0.25, 0.3) is 0 Å². The summed E-state index contributed by atoms with van der Waals surface area (Å²) >= 11 is 0. The Morgan fingerprint density at radius 2 is 1.68 bits per heavy atom. The van der Waals surface area contributed by atoms with Crippen molar-refractivity contribution in [2.45, 2.75) is 44.9 Å². The summed E-state index contributed by atoms with van der Waals surface area (Å²) in [7, 11) is 0. The van der Waals surface area contributed by atoms with Crippen molar-refractivity contribution in [2.24, 2.45) is 11.1 Å². The summed E-state index contributed by atoms with van der Waals surface area (Å²) in [6.45, 7) is 1.69. The van der Waals surface area contributed by atoms with Crippen LogP contribution in [0.4, 0.5) is 0 Å². The number of rotatable bonds is 2. The monoisotopic (exact) mass is 300 g/mol. The van der Waals surface area contributed by atoms with E-state index in [1.54, 1.807) is 24.3 Å². The molecule has 1 heterocycles. The number of nitrogens with two attached hydrogens (primary N) is 1. The minimum Gasteiger partial charge on any atom is -0.366 e. The molecule has 1 saturated carbocycles. The van der Waals surface area contributed by atoms with Crippen molar-refractivity contribution in [1.29, 1.82) is 0 Å². The predicted octanol–water partition coefficient (Wildman–Crippen LogP) is 2.97. The molecule has 118 valence electrons. The van der Waals surface area contributed by atoms with Crippen LogP contribution in [0.15, 0.2) is 24.3 Å². The van der Waals surface area contributed by atoms with E-state index in [-0.39, 0.29) is 5.91 Å². The molecule has 1 aliphatic carbocycles. The Morgan fingerprint density at radius 3 is 2.41 bits per heavy atom. The molecule has 2 fully saturated rings. The molecule has 1 aromatic carbocycles. The summed E-state index contributed by atoms with van der Waals surface area (Å²) in [6.07, 6.45) is 8.74. The molecule has 0 atom stereocenters. The van der Waals surface area contributed by atoms with E-state index in [0.29, 0.717) is 16.5 Å². The maximum atomic E-state index is 12.8. The van der Waals surface area contributed by atoms with Gasteiger partial charge in [0.05, 0.1) is 0 Å². The van der Waals surface area contributed by atoms with Crippen LogP contribution in [0.5, 0.6) is 0 Å². The Bertz CT molecular complexity index is 571. The highest BCUT2D eigenvalue weighted by molar-refractivity contribution is 5.99. The molecule has 3 rings (SSSR count). The third kappa shape index (κ3) is 3.01. The molecule has 2 amide bonds. The first-order chi connectivity index (χ1) is 10.6. The van der Waals surface area contributed by atoms with Gasteiger partial charge in [0, 0.05) is 24.2 Å². The van der Waals surface area contributed by atoms with Crippen molar-refractivity contribution in [3.63, 3.8) is 0 Å². The lowest BCUT2D eigenvalue weighted by Crippen LogP contribution is -2.47. The van der Waals surface area contributed by atoms with Crippen LogP contribution in [0.2, 0.25) is 0 Å². The lowest BCUT2D eigenvalue weighted by Gasteiger charge is -2.45. The number of primary amides is 1. The quantitative estimate of drug-likeness (QED) is 0.912. The fourth-order valence-corrected chi connectivity index (χ4v) is 4.08. The zero-order valence-electron chi connectivity index (χ0n) is 13.0. The summed E-state index contributed by atoms with van der Waals surface area (Å²) < 4.78 is 0. The third-order valence-corrected chi connectivity index (χ3v) is 5.26. The van der Waals surface area contributed by atoms with Gasteiger partial charge >= 0.3 is 0 Å². The van der Waals surface area contributed by atoms with Gasteiger partial charge in [-0.05, 0) is 49.3 Å². The number of nitrogens with zero attached hydrogens (tertiary/aromatic N) is 1.